The van der Waals surface area contributed by atoms with E-state index in [1.54, 1.807) is 24.3 Å². The van der Waals surface area contributed by atoms with Crippen LogP contribution < -0.4 is 16.0 Å². The number of rotatable bonds is 10. The molecular formula is C21H31ClIN5O2. The fraction of sp³-hybridized carbons (Fsp3) is 0.476. The standard InChI is InChI=1S/C21H30ClN5O2.HI/c1-4-18-17(19(5-2)29-27-18)14-25-21(23-6-3)24-13-7-8-20(28)26-16-11-9-15(22)10-12-16;/h9-12H,4-8,13-14H2,1-3H3,(H,26,28)(H2,23,24,25);1H. The minimum absolute atomic E-state index is 0. The smallest absolute Gasteiger partial charge is 0.224 e. The van der Waals surface area contributed by atoms with Gasteiger partial charge in [-0.2, -0.15) is 0 Å². The second-order valence-corrected chi connectivity index (χ2v) is 6.96. The molecule has 7 nitrogen and oxygen atoms in total. The van der Waals surface area contributed by atoms with Gasteiger partial charge in [-0.25, -0.2) is 4.99 Å². The molecule has 0 fully saturated rings. The van der Waals surface area contributed by atoms with E-state index >= 15 is 0 Å². The highest BCUT2D eigenvalue weighted by Crippen LogP contribution is 2.17. The van der Waals surface area contributed by atoms with Crippen LogP contribution >= 0.6 is 35.6 Å². The van der Waals surface area contributed by atoms with Gasteiger partial charge in [0.15, 0.2) is 5.96 Å². The van der Waals surface area contributed by atoms with Crippen molar-refractivity contribution in [2.75, 3.05) is 18.4 Å². The van der Waals surface area contributed by atoms with Crippen LogP contribution in [0.25, 0.3) is 0 Å². The van der Waals surface area contributed by atoms with Crippen LogP contribution in [0, 0.1) is 0 Å². The zero-order valence-electron chi connectivity index (χ0n) is 17.8. The lowest BCUT2D eigenvalue weighted by atomic mass is 10.1. The SMILES string of the molecule is CCNC(=NCc1c(CC)noc1CC)NCCCC(=O)Nc1ccc(Cl)cc1.I. The Morgan fingerprint density at radius 2 is 1.87 bits per heavy atom. The number of benzene rings is 1. The second kappa shape index (κ2) is 14.2. The van der Waals surface area contributed by atoms with Crippen LogP contribution in [0.4, 0.5) is 5.69 Å². The summed E-state index contributed by atoms with van der Waals surface area (Å²) < 4.78 is 5.40. The number of amides is 1. The van der Waals surface area contributed by atoms with Crippen molar-refractivity contribution in [1.29, 1.82) is 0 Å². The Bertz CT molecular complexity index is 787. The highest BCUT2D eigenvalue weighted by Gasteiger charge is 2.13. The normalized spacial score (nSPS) is 11.0. The molecule has 2 aromatic rings. The Kier molecular flexibility index (Phi) is 12.4. The van der Waals surface area contributed by atoms with Crippen LogP contribution in [0.5, 0.6) is 0 Å². The molecule has 1 aromatic carbocycles. The van der Waals surface area contributed by atoms with Crippen molar-refractivity contribution in [2.45, 2.75) is 53.0 Å². The molecule has 3 N–H and O–H groups in total. The van der Waals surface area contributed by atoms with Crippen LogP contribution in [0.15, 0.2) is 33.8 Å². The number of aliphatic imine (C=N–C) groups is 1. The molecule has 0 saturated heterocycles. The first-order valence-electron chi connectivity index (χ1n) is 10.1. The van der Waals surface area contributed by atoms with Crippen molar-refractivity contribution < 1.29 is 9.32 Å². The Morgan fingerprint density at radius 1 is 1.13 bits per heavy atom. The maximum Gasteiger partial charge on any atom is 0.224 e. The number of nitrogens with zero attached hydrogens (tertiary/aromatic N) is 2. The number of nitrogens with one attached hydrogen (secondary N) is 3. The van der Waals surface area contributed by atoms with E-state index in [1.165, 1.54) is 0 Å². The molecule has 0 radical (unpaired) electrons. The molecule has 0 spiro atoms. The number of hydrogen-bond donors (Lipinski definition) is 3. The lowest BCUT2D eigenvalue weighted by Gasteiger charge is -2.11. The van der Waals surface area contributed by atoms with Crippen molar-refractivity contribution in [3.05, 3.63) is 46.3 Å². The van der Waals surface area contributed by atoms with Crippen molar-refractivity contribution in [1.82, 2.24) is 15.8 Å². The first kappa shape index (κ1) is 26.2. The van der Waals surface area contributed by atoms with Gasteiger partial charge in [-0.05, 0) is 44.0 Å². The molecule has 1 aromatic heterocycles. The molecule has 30 heavy (non-hydrogen) atoms. The fourth-order valence-electron chi connectivity index (χ4n) is 2.83. The Balaban J connectivity index is 0.00000450. The first-order chi connectivity index (χ1) is 14.1. The second-order valence-electron chi connectivity index (χ2n) is 6.52. The molecule has 9 heteroatoms. The van der Waals surface area contributed by atoms with Crippen molar-refractivity contribution in [3.8, 4) is 0 Å². The van der Waals surface area contributed by atoms with Gasteiger partial charge in [-0.3, -0.25) is 4.79 Å². The van der Waals surface area contributed by atoms with Crippen LogP contribution in [-0.2, 0) is 24.2 Å². The third-order valence-corrected chi connectivity index (χ3v) is 4.60. The maximum atomic E-state index is 12.1. The zero-order valence-corrected chi connectivity index (χ0v) is 20.8. The summed E-state index contributed by atoms with van der Waals surface area (Å²) in [6, 6.07) is 7.07. The number of carbonyl (C=O) groups is 1. The van der Waals surface area contributed by atoms with Gasteiger partial charge in [0, 0.05) is 42.2 Å². The van der Waals surface area contributed by atoms with Crippen molar-refractivity contribution in [3.63, 3.8) is 0 Å². The number of halogens is 2. The lowest BCUT2D eigenvalue weighted by molar-refractivity contribution is -0.116. The van der Waals surface area contributed by atoms with E-state index in [-0.39, 0.29) is 29.9 Å². The minimum Gasteiger partial charge on any atom is -0.361 e. The van der Waals surface area contributed by atoms with Crippen LogP contribution in [0.3, 0.4) is 0 Å². The quantitative estimate of drug-likeness (QED) is 0.176. The summed E-state index contributed by atoms with van der Waals surface area (Å²) in [4.78, 5) is 16.7. The number of anilines is 1. The summed E-state index contributed by atoms with van der Waals surface area (Å²) in [5, 5.41) is 14.1. The number of guanidine groups is 1. The van der Waals surface area contributed by atoms with Gasteiger partial charge >= 0.3 is 0 Å². The molecule has 1 amide bonds. The van der Waals surface area contributed by atoms with Gasteiger partial charge in [-0.15, -0.1) is 24.0 Å². The number of hydrogen-bond acceptors (Lipinski definition) is 4. The Hall–Kier alpha value is -1.81. The third kappa shape index (κ3) is 8.51. The van der Waals surface area contributed by atoms with E-state index in [1.807, 2.05) is 13.8 Å². The molecule has 2 rings (SSSR count). The van der Waals surface area contributed by atoms with Gasteiger partial charge in [0.25, 0.3) is 0 Å². The first-order valence-corrected chi connectivity index (χ1v) is 10.5. The topological polar surface area (TPSA) is 91.6 Å². The van der Waals surface area contributed by atoms with Crippen molar-refractivity contribution in [2.24, 2.45) is 4.99 Å². The predicted octanol–water partition coefficient (Wildman–Crippen LogP) is 4.54. The average Bonchev–Trinajstić information content (AvgIpc) is 3.13. The minimum atomic E-state index is -0.0271. The lowest BCUT2D eigenvalue weighted by Crippen LogP contribution is -2.38. The summed E-state index contributed by atoms with van der Waals surface area (Å²) in [5.74, 6) is 1.58. The van der Waals surface area contributed by atoms with E-state index in [9.17, 15) is 4.79 Å². The van der Waals surface area contributed by atoms with Gasteiger partial charge in [0.05, 0.1) is 12.2 Å². The van der Waals surface area contributed by atoms with E-state index in [0.29, 0.717) is 31.0 Å². The van der Waals surface area contributed by atoms with E-state index < -0.39 is 0 Å². The van der Waals surface area contributed by atoms with Gasteiger partial charge in [-0.1, -0.05) is 30.6 Å². The van der Waals surface area contributed by atoms with Crippen LogP contribution in [-0.4, -0.2) is 30.1 Å². The molecule has 0 bridgehead atoms. The number of aryl methyl sites for hydroxylation is 2. The molecular weight excluding hydrogens is 517 g/mol. The van der Waals surface area contributed by atoms with Crippen LogP contribution in [0.2, 0.25) is 5.02 Å². The fourth-order valence-corrected chi connectivity index (χ4v) is 2.95. The summed E-state index contributed by atoms with van der Waals surface area (Å²) in [7, 11) is 0. The van der Waals surface area contributed by atoms with Gasteiger partial charge in [0.2, 0.25) is 5.91 Å². The molecule has 0 unspecified atom stereocenters. The summed E-state index contributed by atoms with van der Waals surface area (Å²) in [5.41, 5.74) is 2.77. The maximum absolute atomic E-state index is 12.1. The molecule has 0 atom stereocenters. The van der Waals surface area contributed by atoms with E-state index in [4.69, 9.17) is 16.1 Å². The third-order valence-electron chi connectivity index (χ3n) is 4.35. The molecule has 0 aliphatic carbocycles. The monoisotopic (exact) mass is 547 g/mol. The molecule has 0 aliphatic heterocycles. The molecule has 0 aliphatic rings. The van der Waals surface area contributed by atoms with E-state index in [0.717, 1.165) is 48.1 Å². The van der Waals surface area contributed by atoms with Crippen molar-refractivity contribution >= 4 is 53.1 Å². The molecule has 0 saturated carbocycles. The average molecular weight is 548 g/mol. The summed E-state index contributed by atoms with van der Waals surface area (Å²) in [6.07, 6.45) is 2.73. The highest BCUT2D eigenvalue weighted by molar-refractivity contribution is 14.0. The summed E-state index contributed by atoms with van der Waals surface area (Å²) in [6.45, 7) is 8.04. The zero-order chi connectivity index (χ0) is 21.1. The Labute approximate surface area is 200 Å². The van der Waals surface area contributed by atoms with Gasteiger partial charge < -0.3 is 20.5 Å². The van der Waals surface area contributed by atoms with Crippen LogP contribution in [0.1, 0.15) is 50.6 Å². The Morgan fingerprint density at radius 3 is 2.50 bits per heavy atom. The van der Waals surface area contributed by atoms with E-state index in [2.05, 4.69) is 33.0 Å². The molecule has 1 heterocycles. The number of carbonyl (C=O) groups excluding carboxylic acids is 1. The summed E-state index contributed by atoms with van der Waals surface area (Å²) >= 11 is 5.85. The number of aromatic nitrogens is 1. The largest absolute Gasteiger partial charge is 0.361 e. The van der Waals surface area contributed by atoms with Gasteiger partial charge in [0.1, 0.15) is 5.76 Å². The molecule has 166 valence electrons. The highest BCUT2D eigenvalue weighted by atomic mass is 127. The predicted molar refractivity (Wildman–Crippen MR) is 133 cm³/mol.